The fourth-order valence-electron chi connectivity index (χ4n) is 3.32. The summed E-state index contributed by atoms with van der Waals surface area (Å²) in [5.41, 5.74) is 2.78. The van der Waals surface area contributed by atoms with E-state index in [0.717, 1.165) is 13.0 Å². The molecule has 1 N–H and O–H groups in total. The molecule has 0 aliphatic carbocycles. The van der Waals surface area contributed by atoms with E-state index in [-0.39, 0.29) is 12.1 Å². The summed E-state index contributed by atoms with van der Waals surface area (Å²) in [5.74, 6) is 0.892. The second-order valence-corrected chi connectivity index (χ2v) is 6.54. The normalized spacial score (nSPS) is 22.8. The third-order valence-electron chi connectivity index (χ3n) is 4.70. The molecule has 0 radical (unpaired) electrons. The minimum absolute atomic E-state index is 0.0258. The lowest BCUT2D eigenvalue weighted by molar-refractivity contribution is 0.135. The largest absolute Gasteiger partial charge is 0.396 e. The summed E-state index contributed by atoms with van der Waals surface area (Å²) in [6.45, 7) is 10.4. The summed E-state index contributed by atoms with van der Waals surface area (Å²) in [6, 6.07) is 8.72. The molecule has 0 bridgehead atoms. The fraction of sp³-hybridized carbons (Fsp3) is 0.647. The number of piperidine rings is 1. The van der Waals surface area contributed by atoms with Crippen LogP contribution in [0.25, 0.3) is 0 Å². The molecule has 19 heavy (non-hydrogen) atoms. The van der Waals surface area contributed by atoms with Crippen molar-refractivity contribution < 1.29 is 5.11 Å². The number of aliphatic hydroxyl groups is 1. The lowest BCUT2D eigenvalue weighted by atomic mass is 9.78. The number of rotatable bonds is 3. The van der Waals surface area contributed by atoms with Gasteiger partial charge in [0.1, 0.15) is 0 Å². The monoisotopic (exact) mass is 261 g/mol. The van der Waals surface area contributed by atoms with Crippen LogP contribution < -0.4 is 4.90 Å². The Morgan fingerprint density at radius 3 is 2.63 bits per heavy atom. The number of hydrogen-bond donors (Lipinski definition) is 1. The minimum atomic E-state index is 0.0258. The first-order chi connectivity index (χ1) is 8.98. The molecule has 1 saturated heterocycles. The van der Waals surface area contributed by atoms with Crippen LogP contribution in [-0.2, 0) is 0 Å². The molecular formula is C17H27NO. The van der Waals surface area contributed by atoms with Gasteiger partial charge in [-0.3, -0.25) is 0 Å². The Bertz CT molecular complexity index is 425. The van der Waals surface area contributed by atoms with Crippen molar-refractivity contribution >= 4 is 5.69 Å². The van der Waals surface area contributed by atoms with Gasteiger partial charge in [0.15, 0.2) is 0 Å². The average Bonchev–Trinajstić information content (AvgIpc) is 2.38. The Morgan fingerprint density at radius 1 is 1.32 bits per heavy atom. The number of aliphatic hydroxyl groups excluding tert-OH is 1. The van der Waals surface area contributed by atoms with Crippen LogP contribution in [0.3, 0.4) is 0 Å². The molecule has 1 aromatic carbocycles. The lowest BCUT2D eigenvalue weighted by Crippen LogP contribution is -2.54. The molecule has 0 spiro atoms. The van der Waals surface area contributed by atoms with Gasteiger partial charge in [-0.15, -0.1) is 0 Å². The van der Waals surface area contributed by atoms with E-state index in [4.69, 9.17) is 0 Å². The van der Waals surface area contributed by atoms with Crippen molar-refractivity contribution in [2.45, 2.75) is 52.0 Å². The smallest absolute Gasteiger partial charge is 0.0481 e. The highest BCUT2D eigenvalue weighted by Crippen LogP contribution is 2.39. The maximum Gasteiger partial charge on any atom is 0.0481 e. The van der Waals surface area contributed by atoms with Crippen LogP contribution >= 0.6 is 0 Å². The molecule has 106 valence electrons. The molecule has 0 amide bonds. The summed E-state index contributed by atoms with van der Waals surface area (Å²) in [5, 5.41) is 9.64. The van der Waals surface area contributed by atoms with Crippen LogP contribution in [0.2, 0.25) is 0 Å². The van der Waals surface area contributed by atoms with E-state index >= 15 is 0 Å². The zero-order chi connectivity index (χ0) is 14.0. The zero-order valence-electron chi connectivity index (χ0n) is 12.7. The molecule has 2 heteroatoms. The van der Waals surface area contributed by atoms with Gasteiger partial charge >= 0.3 is 0 Å². The second-order valence-electron chi connectivity index (χ2n) is 6.54. The molecule has 0 aromatic heterocycles. The van der Waals surface area contributed by atoms with Gasteiger partial charge in [-0.05, 0) is 44.2 Å². The summed E-state index contributed by atoms with van der Waals surface area (Å²) in [4.78, 5) is 2.51. The molecule has 1 unspecified atom stereocenters. The molecule has 1 aliphatic rings. The summed E-state index contributed by atoms with van der Waals surface area (Å²) in [6.07, 6.45) is 2.30. The summed E-state index contributed by atoms with van der Waals surface area (Å²) >= 11 is 0. The van der Waals surface area contributed by atoms with Gasteiger partial charge in [-0.1, -0.05) is 32.0 Å². The van der Waals surface area contributed by atoms with Gasteiger partial charge in [0.25, 0.3) is 0 Å². The first kappa shape index (κ1) is 14.4. The predicted octanol–water partition coefficient (Wildman–Crippen LogP) is 3.80. The molecule has 2 nitrogen and oxygen atoms in total. The standard InChI is InChI=1S/C17H27NO/c1-13(2)15-9-5-6-10-16(15)18-11-7-8-14(12-19)17(18,3)4/h5-6,9-10,13-14,19H,7-8,11-12H2,1-4H3. The van der Waals surface area contributed by atoms with Crippen LogP contribution in [0.4, 0.5) is 5.69 Å². The van der Waals surface area contributed by atoms with Crippen LogP contribution in [0, 0.1) is 5.92 Å². The Kier molecular flexibility index (Phi) is 4.19. The maximum atomic E-state index is 9.64. The first-order valence-electron chi connectivity index (χ1n) is 7.46. The van der Waals surface area contributed by atoms with Crippen molar-refractivity contribution in [1.82, 2.24) is 0 Å². The van der Waals surface area contributed by atoms with Crippen molar-refractivity contribution in [3.8, 4) is 0 Å². The second kappa shape index (κ2) is 5.54. The van der Waals surface area contributed by atoms with Crippen LogP contribution in [0.1, 0.15) is 52.0 Å². The molecule has 2 rings (SSSR count). The molecule has 1 aromatic rings. The third-order valence-corrected chi connectivity index (χ3v) is 4.70. The fourth-order valence-corrected chi connectivity index (χ4v) is 3.32. The molecule has 1 fully saturated rings. The van der Waals surface area contributed by atoms with Gasteiger partial charge in [0, 0.05) is 30.3 Å². The van der Waals surface area contributed by atoms with Crippen LogP contribution in [0.5, 0.6) is 0 Å². The number of hydrogen-bond acceptors (Lipinski definition) is 2. The van der Waals surface area contributed by atoms with Crippen LogP contribution in [-0.4, -0.2) is 23.8 Å². The number of anilines is 1. The summed E-state index contributed by atoms with van der Waals surface area (Å²) in [7, 11) is 0. The Morgan fingerprint density at radius 2 is 2.00 bits per heavy atom. The van der Waals surface area contributed by atoms with Gasteiger partial charge in [-0.2, -0.15) is 0 Å². The molecule has 1 atom stereocenters. The predicted molar refractivity (Wildman–Crippen MR) is 81.8 cm³/mol. The number of para-hydroxylation sites is 1. The maximum absolute atomic E-state index is 9.64. The van der Waals surface area contributed by atoms with E-state index < -0.39 is 0 Å². The van der Waals surface area contributed by atoms with Crippen molar-refractivity contribution in [3.05, 3.63) is 29.8 Å². The molecule has 1 aliphatic heterocycles. The van der Waals surface area contributed by atoms with E-state index in [1.807, 2.05) is 0 Å². The Balaban J connectivity index is 2.40. The van der Waals surface area contributed by atoms with Crippen molar-refractivity contribution in [2.24, 2.45) is 5.92 Å². The highest BCUT2D eigenvalue weighted by atomic mass is 16.3. The zero-order valence-corrected chi connectivity index (χ0v) is 12.7. The lowest BCUT2D eigenvalue weighted by Gasteiger charge is -2.50. The van der Waals surface area contributed by atoms with Crippen LogP contribution in [0.15, 0.2) is 24.3 Å². The van der Waals surface area contributed by atoms with Crippen molar-refractivity contribution in [2.75, 3.05) is 18.1 Å². The van der Waals surface area contributed by atoms with Gasteiger partial charge < -0.3 is 10.0 Å². The average molecular weight is 261 g/mol. The third kappa shape index (κ3) is 2.64. The van der Waals surface area contributed by atoms with E-state index in [1.54, 1.807) is 0 Å². The Hall–Kier alpha value is -1.02. The number of nitrogens with zero attached hydrogens (tertiary/aromatic N) is 1. The Labute approximate surface area is 117 Å². The van der Waals surface area contributed by atoms with E-state index in [0.29, 0.717) is 11.8 Å². The van der Waals surface area contributed by atoms with E-state index in [9.17, 15) is 5.11 Å². The quantitative estimate of drug-likeness (QED) is 0.894. The highest BCUT2D eigenvalue weighted by molar-refractivity contribution is 5.57. The topological polar surface area (TPSA) is 23.5 Å². The molecular weight excluding hydrogens is 234 g/mol. The van der Waals surface area contributed by atoms with Crippen molar-refractivity contribution in [1.29, 1.82) is 0 Å². The van der Waals surface area contributed by atoms with Gasteiger partial charge in [0.05, 0.1) is 0 Å². The molecule has 1 heterocycles. The van der Waals surface area contributed by atoms with E-state index in [1.165, 1.54) is 17.7 Å². The highest BCUT2D eigenvalue weighted by Gasteiger charge is 2.38. The summed E-state index contributed by atoms with van der Waals surface area (Å²) < 4.78 is 0. The number of benzene rings is 1. The first-order valence-corrected chi connectivity index (χ1v) is 7.46. The van der Waals surface area contributed by atoms with Gasteiger partial charge in [-0.25, -0.2) is 0 Å². The minimum Gasteiger partial charge on any atom is -0.396 e. The van der Waals surface area contributed by atoms with Gasteiger partial charge in [0.2, 0.25) is 0 Å². The molecule has 0 saturated carbocycles. The SMILES string of the molecule is CC(C)c1ccccc1N1CCCC(CO)C1(C)C. The van der Waals surface area contributed by atoms with E-state index in [2.05, 4.69) is 56.9 Å². The van der Waals surface area contributed by atoms with Crippen molar-refractivity contribution in [3.63, 3.8) is 0 Å².